The van der Waals surface area contributed by atoms with Crippen molar-refractivity contribution in [3.8, 4) is 0 Å². The van der Waals surface area contributed by atoms with Crippen molar-refractivity contribution >= 4 is 46.0 Å². The van der Waals surface area contributed by atoms with Gasteiger partial charge in [-0.2, -0.15) is 0 Å². The highest BCUT2D eigenvalue weighted by molar-refractivity contribution is 7.83. The van der Waals surface area contributed by atoms with Crippen LogP contribution in [0, 0.1) is 0 Å². The molecule has 30 heavy (non-hydrogen) atoms. The molecule has 8 heteroatoms. The Morgan fingerprint density at radius 2 is 1.87 bits per heavy atom. The zero-order valence-electron chi connectivity index (χ0n) is 16.1. The molecule has 1 aromatic heterocycles. The summed E-state index contributed by atoms with van der Waals surface area (Å²) in [6.45, 7) is 0. The van der Waals surface area contributed by atoms with E-state index in [4.69, 9.17) is 16.0 Å². The number of anilines is 1. The minimum atomic E-state index is -1.09. The summed E-state index contributed by atoms with van der Waals surface area (Å²) in [6.07, 6.45) is 4.48. The highest BCUT2D eigenvalue weighted by Gasteiger charge is 2.16. The molecule has 0 fully saturated rings. The van der Waals surface area contributed by atoms with Crippen LogP contribution in [0.5, 0.6) is 0 Å². The zero-order valence-corrected chi connectivity index (χ0v) is 17.6. The molecule has 0 aliphatic heterocycles. The van der Waals surface area contributed by atoms with E-state index in [-0.39, 0.29) is 11.4 Å². The second-order valence-corrected chi connectivity index (χ2v) is 8.21. The highest BCUT2D eigenvalue weighted by atomic mass is 35.5. The smallest absolute Gasteiger partial charge is 0.272 e. The van der Waals surface area contributed by atoms with Gasteiger partial charge in [0.25, 0.3) is 11.8 Å². The van der Waals surface area contributed by atoms with Crippen LogP contribution in [0.1, 0.15) is 21.7 Å². The summed E-state index contributed by atoms with van der Waals surface area (Å²) in [5.41, 5.74) is 1.54. The van der Waals surface area contributed by atoms with Gasteiger partial charge >= 0.3 is 0 Å². The molecule has 3 aromatic rings. The lowest BCUT2D eigenvalue weighted by Gasteiger charge is -2.12. The maximum atomic E-state index is 12.9. The molecular weight excluding hydrogens is 424 g/mol. The second kappa shape index (κ2) is 10.0. The van der Waals surface area contributed by atoms with Crippen LogP contribution in [-0.2, 0) is 21.3 Å². The maximum Gasteiger partial charge on any atom is 0.272 e. The molecule has 2 amide bonds. The maximum absolute atomic E-state index is 12.9. The Labute approximate surface area is 181 Å². The number of amides is 2. The van der Waals surface area contributed by atoms with Crippen molar-refractivity contribution in [2.45, 2.75) is 5.75 Å². The predicted octanol–water partition coefficient (Wildman–Crippen LogP) is 4.22. The van der Waals surface area contributed by atoms with Crippen LogP contribution in [0.2, 0.25) is 5.02 Å². The molecule has 2 N–H and O–H groups in total. The van der Waals surface area contributed by atoms with Crippen LogP contribution in [0.15, 0.2) is 77.0 Å². The third-order valence-electron chi connectivity index (χ3n) is 4.02. The molecular formula is C22H19ClN2O4S. The minimum absolute atomic E-state index is 0.00868. The lowest BCUT2D eigenvalue weighted by atomic mass is 10.2. The molecule has 3 rings (SSSR count). The van der Waals surface area contributed by atoms with Gasteiger partial charge in [-0.3, -0.25) is 13.8 Å². The van der Waals surface area contributed by atoms with Gasteiger partial charge in [0.15, 0.2) is 0 Å². The van der Waals surface area contributed by atoms with Crippen LogP contribution >= 0.6 is 11.6 Å². The fourth-order valence-corrected chi connectivity index (χ4v) is 3.58. The fraction of sp³-hybridized carbons (Fsp3) is 0.0909. The first kappa shape index (κ1) is 21.5. The van der Waals surface area contributed by atoms with E-state index in [9.17, 15) is 13.8 Å². The van der Waals surface area contributed by atoms with Gasteiger partial charge in [-0.25, -0.2) is 0 Å². The molecule has 1 heterocycles. The Balaban J connectivity index is 1.84. The molecule has 0 radical (unpaired) electrons. The van der Waals surface area contributed by atoms with Gasteiger partial charge in [0.05, 0.1) is 6.26 Å². The number of carbonyl (C=O) groups is 2. The first-order valence-corrected chi connectivity index (χ1v) is 11.0. The number of nitrogens with one attached hydrogen (secondary N) is 2. The van der Waals surface area contributed by atoms with Gasteiger partial charge in [-0.15, -0.1) is 0 Å². The second-order valence-electron chi connectivity index (χ2n) is 6.37. The van der Waals surface area contributed by atoms with E-state index < -0.39 is 22.6 Å². The number of halogens is 1. The summed E-state index contributed by atoms with van der Waals surface area (Å²) < 4.78 is 16.8. The largest absolute Gasteiger partial charge is 0.465 e. The number of hydrogen-bond donors (Lipinski definition) is 2. The molecule has 154 valence electrons. The predicted molar refractivity (Wildman–Crippen MR) is 118 cm³/mol. The van der Waals surface area contributed by atoms with Gasteiger partial charge in [0, 0.05) is 45.2 Å². The van der Waals surface area contributed by atoms with Crippen molar-refractivity contribution in [1.29, 1.82) is 0 Å². The minimum Gasteiger partial charge on any atom is -0.465 e. The number of carbonyl (C=O) groups excluding carboxylic acids is 2. The molecule has 0 saturated heterocycles. The van der Waals surface area contributed by atoms with E-state index >= 15 is 0 Å². The molecule has 0 saturated carbocycles. The lowest BCUT2D eigenvalue weighted by Crippen LogP contribution is -2.30. The summed E-state index contributed by atoms with van der Waals surface area (Å²) in [6, 6.07) is 16.8. The van der Waals surface area contributed by atoms with E-state index in [0.29, 0.717) is 27.6 Å². The van der Waals surface area contributed by atoms with E-state index in [1.54, 1.807) is 66.9 Å². The SMILES string of the molecule is CS(=O)Cc1cc(NC(=O)/C(=C/c2ccco2)NC(=O)c2ccccc2)ccc1Cl. The molecule has 0 spiro atoms. The van der Waals surface area contributed by atoms with Gasteiger partial charge in [-0.05, 0) is 48.0 Å². The molecule has 0 aliphatic rings. The van der Waals surface area contributed by atoms with Crippen molar-refractivity contribution in [2.75, 3.05) is 11.6 Å². The summed E-state index contributed by atoms with van der Waals surface area (Å²) in [5.74, 6) is -0.294. The van der Waals surface area contributed by atoms with Crippen molar-refractivity contribution in [2.24, 2.45) is 0 Å². The summed E-state index contributed by atoms with van der Waals surface area (Å²) in [5, 5.41) is 5.82. The molecule has 6 nitrogen and oxygen atoms in total. The van der Waals surface area contributed by atoms with E-state index in [0.717, 1.165) is 0 Å². The third-order valence-corrected chi connectivity index (χ3v) is 5.11. The number of rotatable bonds is 7. The fourth-order valence-electron chi connectivity index (χ4n) is 2.64. The Morgan fingerprint density at radius 1 is 1.10 bits per heavy atom. The number of benzene rings is 2. The van der Waals surface area contributed by atoms with E-state index in [1.807, 2.05) is 0 Å². The van der Waals surface area contributed by atoms with E-state index in [2.05, 4.69) is 10.6 Å². The van der Waals surface area contributed by atoms with Crippen LogP contribution in [-0.4, -0.2) is 22.3 Å². The zero-order chi connectivity index (χ0) is 21.5. The third kappa shape index (κ3) is 5.92. The Bertz CT molecular complexity index is 1100. The Hall–Kier alpha value is -3.16. The van der Waals surface area contributed by atoms with Gasteiger partial charge in [0.1, 0.15) is 11.5 Å². The Morgan fingerprint density at radius 3 is 2.53 bits per heavy atom. The van der Waals surface area contributed by atoms with Gasteiger partial charge in [0.2, 0.25) is 0 Å². The van der Waals surface area contributed by atoms with Crippen LogP contribution < -0.4 is 10.6 Å². The first-order chi connectivity index (χ1) is 14.4. The average molecular weight is 443 g/mol. The monoisotopic (exact) mass is 442 g/mol. The number of furan rings is 1. The first-order valence-electron chi connectivity index (χ1n) is 8.94. The summed E-state index contributed by atoms with van der Waals surface area (Å²) in [7, 11) is -1.09. The molecule has 2 aromatic carbocycles. The Kier molecular flexibility index (Phi) is 7.21. The van der Waals surface area contributed by atoms with Crippen LogP contribution in [0.25, 0.3) is 6.08 Å². The van der Waals surface area contributed by atoms with Crippen molar-refractivity contribution in [3.63, 3.8) is 0 Å². The standard InChI is InChI=1S/C22H19ClN2O4S/c1-30(28)14-16-12-17(9-10-19(16)23)24-22(27)20(13-18-8-5-11-29-18)25-21(26)15-6-3-2-4-7-15/h2-13H,14H2,1H3,(H,24,27)(H,25,26)/b20-13-. The topological polar surface area (TPSA) is 88.4 Å². The highest BCUT2D eigenvalue weighted by Crippen LogP contribution is 2.22. The normalized spacial score (nSPS) is 12.3. The quantitative estimate of drug-likeness (QED) is 0.536. The van der Waals surface area contributed by atoms with Crippen molar-refractivity contribution in [3.05, 3.63) is 94.5 Å². The van der Waals surface area contributed by atoms with Crippen LogP contribution in [0.3, 0.4) is 0 Å². The van der Waals surface area contributed by atoms with Crippen molar-refractivity contribution in [1.82, 2.24) is 5.32 Å². The average Bonchev–Trinajstić information content (AvgIpc) is 3.23. The lowest BCUT2D eigenvalue weighted by molar-refractivity contribution is -0.113. The summed E-state index contributed by atoms with van der Waals surface area (Å²) in [4.78, 5) is 25.4. The van der Waals surface area contributed by atoms with Crippen molar-refractivity contribution < 1.29 is 18.2 Å². The molecule has 1 unspecified atom stereocenters. The van der Waals surface area contributed by atoms with Gasteiger partial charge < -0.3 is 15.1 Å². The van der Waals surface area contributed by atoms with Crippen LogP contribution in [0.4, 0.5) is 5.69 Å². The molecule has 0 aliphatic carbocycles. The molecule has 0 bridgehead atoms. The molecule has 1 atom stereocenters. The van der Waals surface area contributed by atoms with Gasteiger partial charge in [-0.1, -0.05) is 29.8 Å². The summed E-state index contributed by atoms with van der Waals surface area (Å²) >= 11 is 6.14. The number of hydrogen-bond acceptors (Lipinski definition) is 4. The van der Waals surface area contributed by atoms with E-state index in [1.165, 1.54) is 12.3 Å².